The predicted octanol–water partition coefficient (Wildman–Crippen LogP) is 2.99. The molecule has 2 heterocycles. The number of piperazine rings is 1. The Morgan fingerprint density at radius 3 is 2.22 bits per heavy atom. The van der Waals surface area contributed by atoms with Gasteiger partial charge in [0.15, 0.2) is 0 Å². The van der Waals surface area contributed by atoms with E-state index in [2.05, 4.69) is 5.32 Å². The second-order valence-electron chi connectivity index (χ2n) is 9.72. The van der Waals surface area contributed by atoms with Crippen LogP contribution in [-0.4, -0.2) is 76.6 Å². The molecule has 3 atom stereocenters. The summed E-state index contributed by atoms with van der Waals surface area (Å²) in [5.41, 5.74) is 1.63. The van der Waals surface area contributed by atoms with Gasteiger partial charge in [-0.25, -0.2) is 23.6 Å². The van der Waals surface area contributed by atoms with Gasteiger partial charge in [0.05, 0.1) is 13.1 Å². The van der Waals surface area contributed by atoms with Crippen LogP contribution in [-0.2, 0) is 22.6 Å². The molecular formula is C27H33F2N5O3. The zero-order valence-corrected chi connectivity index (χ0v) is 21.4. The number of benzene rings is 2. The Balaban J connectivity index is 1.57. The monoisotopic (exact) mass is 513 g/mol. The van der Waals surface area contributed by atoms with Crippen LogP contribution in [0, 0.1) is 17.6 Å². The lowest BCUT2D eigenvalue weighted by molar-refractivity contribution is -0.190. The van der Waals surface area contributed by atoms with E-state index in [-0.39, 0.29) is 49.0 Å². The van der Waals surface area contributed by atoms with Gasteiger partial charge < -0.3 is 15.1 Å². The van der Waals surface area contributed by atoms with Crippen LogP contribution in [0.1, 0.15) is 31.4 Å². The van der Waals surface area contributed by atoms with Crippen molar-refractivity contribution < 1.29 is 23.2 Å². The third-order valence-corrected chi connectivity index (χ3v) is 7.20. The van der Waals surface area contributed by atoms with E-state index in [9.17, 15) is 23.2 Å². The standard InChI is InChI=1S/C27H33F2N5O3/c1-4-18(2)25-26(36)32(14-13-19-5-9-21(28)10-6-19)16-23-33(25)24(35)17-31(3)34(23)27(37)30-15-20-7-11-22(29)12-8-20/h5-12,18,23,25H,4,13-17H2,1-3H3,(H,30,37)/t18?,23-,25-/m0/s1. The molecule has 2 aliphatic heterocycles. The van der Waals surface area contributed by atoms with E-state index in [1.54, 1.807) is 46.1 Å². The lowest BCUT2D eigenvalue weighted by Gasteiger charge is -2.55. The molecule has 4 amide bonds. The molecule has 0 bridgehead atoms. The van der Waals surface area contributed by atoms with Gasteiger partial charge in [-0.1, -0.05) is 44.5 Å². The van der Waals surface area contributed by atoms with Crippen molar-refractivity contribution in [3.8, 4) is 0 Å². The number of hydrogen-bond acceptors (Lipinski definition) is 4. The van der Waals surface area contributed by atoms with E-state index in [4.69, 9.17) is 0 Å². The number of likely N-dealkylation sites (N-methyl/N-ethyl adjacent to an activating group) is 1. The first kappa shape index (κ1) is 26.5. The van der Waals surface area contributed by atoms with Gasteiger partial charge in [0.1, 0.15) is 23.8 Å². The van der Waals surface area contributed by atoms with Crippen molar-refractivity contribution in [3.05, 3.63) is 71.3 Å². The minimum atomic E-state index is -0.689. The molecule has 2 fully saturated rings. The highest BCUT2D eigenvalue weighted by molar-refractivity contribution is 5.91. The molecule has 2 saturated heterocycles. The number of nitrogens with one attached hydrogen (secondary N) is 1. The SMILES string of the molecule is CCC(C)[C@H]1C(=O)N(CCc2ccc(F)cc2)C[C@H]2N1C(=O)CN(C)N2C(=O)NCc1ccc(F)cc1. The van der Waals surface area contributed by atoms with E-state index < -0.39 is 18.2 Å². The zero-order chi connectivity index (χ0) is 26.7. The third kappa shape index (κ3) is 5.74. The summed E-state index contributed by atoms with van der Waals surface area (Å²) in [6.45, 7) is 4.60. The van der Waals surface area contributed by atoms with Crippen molar-refractivity contribution >= 4 is 17.8 Å². The maximum Gasteiger partial charge on any atom is 0.334 e. The smallest absolute Gasteiger partial charge is 0.334 e. The summed E-state index contributed by atoms with van der Waals surface area (Å²) >= 11 is 0. The van der Waals surface area contributed by atoms with E-state index in [1.165, 1.54) is 29.3 Å². The normalized spacial score (nSPS) is 21.2. The van der Waals surface area contributed by atoms with Crippen LogP contribution < -0.4 is 5.32 Å². The van der Waals surface area contributed by atoms with Gasteiger partial charge in [-0.3, -0.25) is 9.59 Å². The fraction of sp³-hybridized carbons (Fsp3) is 0.444. The number of hydrogen-bond donors (Lipinski definition) is 1. The van der Waals surface area contributed by atoms with Crippen LogP contribution in [0.15, 0.2) is 48.5 Å². The Morgan fingerprint density at radius 1 is 1.03 bits per heavy atom. The first-order valence-electron chi connectivity index (χ1n) is 12.6. The van der Waals surface area contributed by atoms with Crippen LogP contribution in [0.2, 0.25) is 0 Å². The zero-order valence-electron chi connectivity index (χ0n) is 21.4. The molecular weight excluding hydrogens is 480 g/mol. The average Bonchev–Trinajstić information content (AvgIpc) is 2.88. The predicted molar refractivity (Wildman–Crippen MR) is 134 cm³/mol. The van der Waals surface area contributed by atoms with E-state index in [0.717, 1.165) is 11.1 Å². The number of nitrogens with zero attached hydrogens (tertiary/aromatic N) is 4. The fourth-order valence-corrected chi connectivity index (χ4v) is 4.97. The van der Waals surface area contributed by atoms with Gasteiger partial charge in [-0.05, 0) is 47.7 Å². The van der Waals surface area contributed by atoms with Crippen molar-refractivity contribution in [3.63, 3.8) is 0 Å². The topological polar surface area (TPSA) is 76.2 Å². The Hall–Kier alpha value is -3.53. The molecule has 0 spiro atoms. The highest BCUT2D eigenvalue weighted by atomic mass is 19.1. The lowest BCUT2D eigenvalue weighted by atomic mass is 9.92. The molecule has 2 aliphatic rings. The van der Waals surface area contributed by atoms with Gasteiger partial charge in [0, 0.05) is 20.1 Å². The molecule has 0 saturated carbocycles. The summed E-state index contributed by atoms with van der Waals surface area (Å²) in [5.74, 6) is -1.13. The summed E-state index contributed by atoms with van der Waals surface area (Å²) in [5, 5.41) is 5.93. The van der Waals surface area contributed by atoms with Crippen molar-refractivity contribution in [1.29, 1.82) is 0 Å². The molecule has 0 radical (unpaired) electrons. The highest BCUT2D eigenvalue weighted by Crippen LogP contribution is 2.30. The average molecular weight is 514 g/mol. The number of carbonyl (C=O) groups excluding carboxylic acids is 3. The second-order valence-corrected chi connectivity index (χ2v) is 9.72. The molecule has 0 aliphatic carbocycles. The van der Waals surface area contributed by atoms with E-state index >= 15 is 0 Å². The summed E-state index contributed by atoms with van der Waals surface area (Å²) in [7, 11) is 1.67. The molecule has 37 heavy (non-hydrogen) atoms. The van der Waals surface area contributed by atoms with Crippen molar-refractivity contribution in [2.45, 2.75) is 45.4 Å². The molecule has 2 aromatic rings. The number of halogens is 2. The quantitative estimate of drug-likeness (QED) is 0.618. The van der Waals surface area contributed by atoms with Crippen LogP contribution >= 0.6 is 0 Å². The summed E-state index contributed by atoms with van der Waals surface area (Å²) in [4.78, 5) is 43.5. The Labute approximate surface area is 215 Å². The van der Waals surface area contributed by atoms with Gasteiger partial charge in [-0.2, -0.15) is 0 Å². The fourth-order valence-electron chi connectivity index (χ4n) is 4.97. The maximum atomic E-state index is 13.6. The summed E-state index contributed by atoms with van der Waals surface area (Å²) < 4.78 is 26.6. The van der Waals surface area contributed by atoms with Crippen LogP contribution in [0.3, 0.4) is 0 Å². The first-order valence-corrected chi connectivity index (χ1v) is 12.6. The number of fused-ring (bicyclic) bond motifs is 1. The van der Waals surface area contributed by atoms with Crippen LogP contribution in [0.25, 0.3) is 0 Å². The largest absolute Gasteiger partial charge is 0.337 e. The highest BCUT2D eigenvalue weighted by Gasteiger charge is 2.51. The van der Waals surface area contributed by atoms with E-state index in [1.807, 2.05) is 13.8 Å². The molecule has 198 valence electrons. The molecule has 8 nitrogen and oxygen atoms in total. The minimum Gasteiger partial charge on any atom is -0.337 e. The second kappa shape index (κ2) is 11.2. The van der Waals surface area contributed by atoms with E-state index in [0.29, 0.717) is 19.4 Å². The van der Waals surface area contributed by atoms with Gasteiger partial charge >= 0.3 is 6.03 Å². The van der Waals surface area contributed by atoms with Crippen molar-refractivity contribution in [2.24, 2.45) is 5.92 Å². The van der Waals surface area contributed by atoms with Crippen LogP contribution in [0.5, 0.6) is 0 Å². The molecule has 10 heteroatoms. The third-order valence-electron chi connectivity index (χ3n) is 7.20. The van der Waals surface area contributed by atoms with Gasteiger partial charge in [0.2, 0.25) is 11.8 Å². The molecule has 1 N–H and O–H groups in total. The number of rotatable bonds is 7. The number of urea groups is 1. The molecule has 2 aromatic carbocycles. The summed E-state index contributed by atoms with van der Waals surface area (Å²) in [6, 6.07) is 10.9. The molecule has 0 aromatic heterocycles. The summed E-state index contributed by atoms with van der Waals surface area (Å²) in [6.07, 6.45) is 0.530. The van der Waals surface area contributed by atoms with Gasteiger partial charge in [-0.15, -0.1) is 0 Å². The number of carbonyl (C=O) groups is 3. The van der Waals surface area contributed by atoms with Gasteiger partial charge in [0.25, 0.3) is 0 Å². The molecule has 4 rings (SSSR count). The molecule has 1 unspecified atom stereocenters. The number of hydrazine groups is 1. The Bertz CT molecular complexity index is 1130. The first-order chi connectivity index (χ1) is 17.7. The van der Waals surface area contributed by atoms with Crippen molar-refractivity contribution in [2.75, 3.05) is 26.7 Å². The lowest BCUT2D eigenvalue weighted by Crippen LogP contribution is -2.76. The number of amides is 4. The van der Waals surface area contributed by atoms with Crippen LogP contribution in [0.4, 0.5) is 13.6 Å². The van der Waals surface area contributed by atoms with Crippen molar-refractivity contribution in [1.82, 2.24) is 25.1 Å². The maximum absolute atomic E-state index is 13.6. The Kier molecular flexibility index (Phi) is 8.06. The minimum absolute atomic E-state index is 0.0315. The Morgan fingerprint density at radius 2 is 1.62 bits per heavy atom.